The van der Waals surface area contributed by atoms with Gasteiger partial charge in [-0.3, -0.25) is 4.90 Å². The molecule has 0 aromatic carbocycles. The van der Waals surface area contributed by atoms with Crippen LogP contribution in [0.2, 0.25) is 0 Å². The number of nitrogens with zero attached hydrogens (tertiary/aromatic N) is 3. The van der Waals surface area contributed by atoms with Gasteiger partial charge in [0, 0.05) is 32.4 Å². The minimum absolute atomic E-state index is 0.473. The quantitative estimate of drug-likeness (QED) is 0.840. The van der Waals surface area contributed by atoms with Crippen molar-refractivity contribution in [3.8, 4) is 0 Å². The molecule has 0 N–H and O–H groups in total. The van der Waals surface area contributed by atoms with E-state index in [1.54, 1.807) is 7.11 Å². The summed E-state index contributed by atoms with van der Waals surface area (Å²) in [6, 6.07) is 0.473. The Labute approximate surface area is 117 Å². The number of hydrogen-bond donors (Lipinski definition) is 0. The summed E-state index contributed by atoms with van der Waals surface area (Å²) in [6.07, 6.45) is 4.46. The van der Waals surface area contributed by atoms with Crippen molar-refractivity contribution < 1.29 is 4.74 Å². The van der Waals surface area contributed by atoms with Gasteiger partial charge < -0.3 is 9.30 Å². The Morgan fingerprint density at radius 3 is 2.58 bits per heavy atom. The Kier molecular flexibility index (Phi) is 7.10. The van der Waals surface area contributed by atoms with Gasteiger partial charge in [0.05, 0.1) is 18.8 Å². The fourth-order valence-corrected chi connectivity index (χ4v) is 2.22. The van der Waals surface area contributed by atoms with E-state index in [0.29, 0.717) is 6.04 Å². The molecule has 0 bridgehead atoms. The van der Waals surface area contributed by atoms with E-state index < -0.39 is 0 Å². The first-order valence-corrected chi connectivity index (χ1v) is 7.44. The van der Waals surface area contributed by atoms with Gasteiger partial charge in [-0.1, -0.05) is 27.2 Å². The van der Waals surface area contributed by atoms with E-state index in [9.17, 15) is 0 Å². The lowest BCUT2D eigenvalue weighted by Crippen LogP contribution is -2.41. The maximum absolute atomic E-state index is 5.20. The van der Waals surface area contributed by atoms with Crippen LogP contribution in [0.5, 0.6) is 0 Å². The highest BCUT2D eigenvalue weighted by atomic mass is 16.5. The second-order valence-corrected chi connectivity index (χ2v) is 5.18. The molecule has 0 fully saturated rings. The Balaban J connectivity index is 0.000000550. The summed E-state index contributed by atoms with van der Waals surface area (Å²) < 4.78 is 7.49. The van der Waals surface area contributed by atoms with Crippen LogP contribution in [0, 0.1) is 0 Å². The molecule has 0 radical (unpaired) electrons. The van der Waals surface area contributed by atoms with Crippen LogP contribution in [0.25, 0.3) is 0 Å². The maximum atomic E-state index is 5.20. The molecule has 4 nitrogen and oxygen atoms in total. The summed E-state index contributed by atoms with van der Waals surface area (Å²) in [7, 11) is 1.76. The minimum Gasteiger partial charge on any atom is -0.383 e. The maximum Gasteiger partial charge on any atom is 0.123 e. The highest BCUT2D eigenvalue weighted by Crippen LogP contribution is 2.15. The van der Waals surface area contributed by atoms with Gasteiger partial charge in [-0.2, -0.15) is 0 Å². The molecule has 2 heterocycles. The van der Waals surface area contributed by atoms with Gasteiger partial charge in [0.25, 0.3) is 0 Å². The summed E-state index contributed by atoms with van der Waals surface area (Å²) in [4.78, 5) is 7.08. The van der Waals surface area contributed by atoms with Gasteiger partial charge in [-0.25, -0.2) is 4.98 Å². The number of fused-ring (bicyclic) bond motifs is 1. The number of imidazole rings is 1. The zero-order valence-corrected chi connectivity index (χ0v) is 13.1. The smallest absolute Gasteiger partial charge is 0.123 e. The van der Waals surface area contributed by atoms with Crippen LogP contribution in [-0.2, 0) is 24.2 Å². The summed E-state index contributed by atoms with van der Waals surface area (Å²) in [5.41, 5.74) is 1.20. The molecule has 1 aromatic heterocycles. The van der Waals surface area contributed by atoms with E-state index in [1.165, 1.54) is 17.9 Å². The van der Waals surface area contributed by atoms with Crippen LogP contribution in [0.3, 0.4) is 0 Å². The van der Waals surface area contributed by atoms with Crippen LogP contribution < -0.4 is 0 Å². The van der Waals surface area contributed by atoms with Crippen molar-refractivity contribution in [2.75, 3.05) is 20.3 Å². The van der Waals surface area contributed by atoms with Crippen molar-refractivity contribution in [1.82, 2.24) is 14.5 Å². The average Bonchev–Trinajstić information content (AvgIpc) is 2.81. The van der Waals surface area contributed by atoms with Crippen molar-refractivity contribution in [2.24, 2.45) is 0 Å². The Morgan fingerprint density at radius 1 is 1.32 bits per heavy atom. The van der Waals surface area contributed by atoms with Crippen LogP contribution in [0.4, 0.5) is 0 Å². The van der Waals surface area contributed by atoms with E-state index in [1.807, 2.05) is 0 Å². The predicted molar refractivity (Wildman–Crippen MR) is 79.3 cm³/mol. The van der Waals surface area contributed by atoms with Gasteiger partial charge in [-0.05, 0) is 13.3 Å². The first-order valence-electron chi connectivity index (χ1n) is 7.44. The molecule has 1 aliphatic heterocycles. The predicted octanol–water partition coefficient (Wildman–Crippen LogP) is 2.71. The van der Waals surface area contributed by atoms with Crippen molar-refractivity contribution >= 4 is 0 Å². The number of aromatic nitrogens is 2. The van der Waals surface area contributed by atoms with E-state index in [0.717, 1.165) is 32.7 Å². The van der Waals surface area contributed by atoms with Crippen LogP contribution in [-0.4, -0.2) is 40.8 Å². The molecule has 4 heteroatoms. The molecule has 110 valence electrons. The molecule has 19 heavy (non-hydrogen) atoms. The molecular weight excluding hydrogens is 238 g/mol. The van der Waals surface area contributed by atoms with Crippen LogP contribution >= 0.6 is 0 Å². The third kappa shape index (κ3) is 4.62. The zero-order valence-electron chi connectivity index (χ0n) is 13.1. The van der Waals surface area contributed by atoms with Gasteiger partial charge in [0.1, 0.15) is 5.82 Å². The highest BCUT2D eigenvalue weighted by Gasteiger charge is 2.21. The molecule has 1 atom stereocenters. The highest BCUT2D eigenvalue weighted by molar-refractivity contribution is 5.06. The lowest BCUT2D eigenvalue weighted by Gasteiger charge is -2.32. The SMILES string of the molecule is CCC.CCc1cn2c(n1)CN(C(C)COC)CC2. The fraction of sp³-hybridized carbons (Fsp3) is 0.800. The number of hydrogen-bond acceptors (Lipinski definition) is 3. The van der Waals surface area contributed by atoms with E-state index >= 15 is 0 Å². The lowest BCUT2D eigenvalue weighted by atomic mass is 10.2. The molecule has 0 aliphatic carbocycles. The molecule has 1 aromatic rings. The molecular formula is C15H29N3O. The van der Waals surface area contributed by atoms with Crippen LogP contribution in [0.1, 0.15) is 45.6 Å². The molecule has 0 amide bonds. The monoisotopic (exact) mass is 267 g/mol. The van der Waals surface area contributed by atoms with E-state index in [4.69, 9.17) is 4.74 Å². The van der Waals surface area contributed by atoms with Crippen molar-refractivity contribution in [1.29, 1.82) is 0 Å². The molecule has 0 spiro atoms. The molecule has 2 rings (SSSR count). The van der Waals surface area contributed by atoms with Crippen molar-refractivity contribution in [2.45, 2.75) is 59.7 Å². The Morgan fingerprint density at radius 2 is 2.00 bits per heavy atom. The van der Waals surface area contributed by atoms with Gasteiger partial charge in [0.2, 0.25) is 0 Å². The normalized spacial score (nSPS) is 16.5. The first kappa shape index (κ1) is 16.2. The second kappa shape index (κ2) is 8.33. The average molecular weight is 267 g/mol. The number of ether oxygens (including phenoxy) is 1. The first-order chi connectivity index (χ1) is 9.15. The molecule has 1 aliphatic rings. The van der Waals surface area contributed by atoms with Gasteiger partial charge in [0.15, 0.2) is 0 Å². The van der Waals surface area contributed by atoms with Crippen molar-refractivity contribution in [3.05, 3.63) is 17.7 Å². The molecule has 0 saturated heterocycles. The van der Waals surface area contributed by atoms with E-state index in [2.05, 4.69) is 48.3 Å². The lowest BCUT2D eigenvalue weighted by molar-refractivity contribution is 0.0804. The minimum atomic E-state index is 0.473. The molecule has 1 unspecified atom stereocenters. The van der Waals surface area contributed by atoms with Crippen LogP contribution in [0.15, 0.2) is 6.20 Å². The third-order valence-corrected chi connectivity index (χ3v) is 3.28. The zero-order chi connectivity index (χ0) is 14.3. The number of rotatable bonds is 4. The summed E-state index contributed by atoms with van der Waals surface area (Å²) in [5.74, 6) is 1.20. The van der Waals surface area contributed by atoms with Gasteiger partial charge in [-0.15, -0.1) is 0 Å². The second-order valence-electron chi connectivity index (χ2n) is 5.18. The Bertz CT molecular complexity index is 362. The fourth-order valence-electron chi connectivity index (χ4n) is 2.22. The summed E-state index contributed by atoms with van der Waals surface area (Å²) in [6.45, 7) is 12.5. The van der Waals surface area contributed by atoms with Crippen molar-refractivity contribution in [3.63, 3.8) is 0 Å². The summed E-state index contributed by atoms with van der Waals surface area (Å²) >= 11 is 0. The topological polar surface area (TPSA) is 30.3 Å². The third-order valence-electron chi connectivity index (χ3n) is 3.28. The Hall–Kier alpha value is -0.870. The standard InChI is InChI=1S/C12H21N3O.C3H8/c1-4-11-7-15-6-5-14(8-12(15)13-11)10(2)9-16-3;1-3-2/h7,10H,4-6,8-9H2,1-3H3;3H2,1-2H3. The molecule has 0 saturated carbocycles. The number of methoxy groups -OCH3 is 1. The van der Waals surface area contributed by atoms with Gasteiger partial charge >= 0.3 is 0 Å². The van der Waals surface area contributed by atoms with E-state index in [-0.39, 0.29) is 0 Å². The largest absolute Gasteiger partial charge is 0.383 e. The summed E-state index contributed by atoms with van der Waals surface area (Å²) in [5, 5.41) is 0. The number of aryl methyl sites for hydroxylation is 1.